The molecular weight excluding hydrogens is 308 g/mol. The lowest BCUT2D eigenvalue weighted by molar-refractivity contribution is 0.111. The van der Waals surface area contributed by atoms with Gasteiger partial charge in [-0.3, -0.25) is 9.59 Å². The second-order valence-corrected chi connectivity index (χ2v) is 5.10. The van der Waals surface area contributed by atoms with E-state index in [9.17, 15) is 14.7 Å². The van der Waals surface area contributed by atoms with E-state index >= 15 is 0 Å². The van der Waals surface area contributed by atoms with Crippen LogP contribution in [0.25, 0.3) is 11.1 Å². The van der Waals surface area contributed by atoms with E-state index in [4.69, 9.17) is 0 Å². The number of thiol groups is 2. The molecule has 0 aliphatic carbocycles. The molecule has 1 heterocycles. The zero-order valence-corrected chi connectivity index (χ0v) is 12.6. The van der Waals surface area contributed by atoms with E-state index < -0.39 is 5.24 Å². The minimum absolute atomic E-state index is 0.233. The van der Waals surface area contributed by atoms with Gasteiger partial charge in [-0.15, -0.1) is 12.6 Å². The number of amides is 1. The zero-order valence-electron chi connectivity index (χ0n) is 10.8. The molecule has 0 saturated heterocycles. The Balaban J connectivity index is 2.46. The summed E-state index contributed by atoms with van der Waals surface area (Å²) in [7, 11) is 0. The van der Waals surface area contributed by atoms with E-state index in [0.717, 1.165) is 5.56 Å². The van der Waals surface area contributed by atoms with E-state index in [0.29, 0.717) is 28.1 Å². The van der Waals surface area contributed by atoms with Gasteiger partial charge in [-0.25, -0.2) is 4.98 Å². The molecule has 0 bridgehead atoms. The van der Waals surface area contributed by atoms with Crippen LogP contribution in [0.2, 0.25) is 0 Å². The minimum atomic E-state index is -0.467. The van der Waals surface area contributed by atoms with Gasteiger partial charge in [0.1, 0.15) is 5.69 Å². The topological polar surface area (TPSA) is 79.3 Å². The Bertz CT molecular complexity index is 705. The van der Waals surface area contributed by atoms with Crippen LogP contribution < -0.4 is 5.32 Å². The summed E-state index contributed by atoms with van der Waals surface area (Å²) in [6.07, 6.45) is 0.621. The maximum Gasteiger partial charge on any atom is 0.280 e. The number of hydrogen-bond acceptors (Lipinski definition) is 5. The predicted octanol–water partition coefficient (Wildman–Crippen LogP) is 2.80. The zero-order chi connectivity index (χ0) is 15.4. The second kappa shape index (κ2) is 6.75. The molecule has 0 unspecified atom stereocenters. The van der Waals surface area contributed by atoms with Gasteiger partial charge in [-0.05, 0) is 35.4 Å². The maximum absolute atomic E-state index is 10.9. The van der Waals surface area contributed by atoms with Gasteiger partial charge in [-0.1, -0.05) is 18.7 Å². The number of anilines is 1. The number of aldehydes is 1. The van der Waals surface area contributed by atoms with E-state index in [2.05, 4.69) is 35.6 Å². The number of aromatic nitrogens is 1. The molecule has 0 saturated carbocycles. The van der Waals surface area contributed by atoms with Gasteiger partial charge < -0.3 is 10.4 Å². The first-order chi connectivity index (χ1) is 10.0. The van der Waals surface area contributed by atoms with Crippen LogP contribution in [-0.4, -0.2) is 21.6 Å². The lowest BCUT2D eigenvalue weighted by Crippen LogP contribution is -2.01. The summed E-state index contributed by atoms with van der Waals surface area (Å²) in [6.45, 7) is -0.260. The third-order valence-electron chi connectivity index (χ3n) is 2.74. The van der Waals surface area contributed by atoms with Crippen LogP contribution >= 0.6 is 25.3 Å². The molecule has 21 heavy (non-hydrogen) atoms. The molecule has 2 aromatic rings. The number of rotatable bonds is 4. The van der Waals surface area contributed by atoms with Crippen molar-refractivity contribution in [3.05, 3.63) is 41.7 Å². The Hall–Kier alpha value is -1.83. The lowest BCUT2D eigenvalue weighted by atomic mass is 10.0. The number of nitrogens with zero attached hydrogens (tertiary/aromatic N) is 1. The van der Waals surface area contributed by atoms with Gasteiger partial charge in [0.25, 0.3) is 5.24 Å². The predicted molar refractivity (Wildman–Crippen MR) is 86.2 cm³/mol. The summed E-state index contributed by atoms with van der Waals surface area (Å²) in [5.74, 6) is 0. The molecule has 0 spiro atoms. The number of carbonyl (C=O) groups is 2. The van der Waals surface area contributed by atoms with Gasteiger partial charge in [0.15, 0.2) is 6.29 Å². The van der Waals surface area contributed by atoms with Crippen molar-refractivity contribution in [3.63, 3.8) is 0 Å². The van der Waals surface area contributed by atoms with Crippen LogP contribution in [0, 0.1) is 0 Å². The number of nitrogens with one attached hydrogen (secondary N) is 1. The summed E-state index contributed by atoms with van der Waals surface area (Å²) in [5, 5.41) is 11.3. The van der Waals surface area contributed by atoms with Crippen molar-refractivity contribution in [3.8, 4) is 11.1 Å². The average Bonchev–Trinajstić information content (AvgIpc) is 2.46. The Kier molecular flexibility index (Phi) is 5.00. The van der Waals surface area contributed by atoms with Crippen molar-refractivity contribution in [2.45, 2.75) is 11.5 Å². The third-order valence-corrected chi connectivity index (χ3v) is 3.22. The van der Waals surface area contributed by atoms with E-state index in [1.165, 1.54) is 0 Å². The quantitative estimate of drug-likeness (QED) is 0.516. The molecule has 0 atom stereocenters. The van der Waals surface area contributed by atoms with Crippen molar-refractivity contribution in [2.75, 3.05) is 5.32 Å². The Morgan fingerprint density at radius 2 is 2.10 bits per heavy atom. The Labute approximate surface area is 132 Å². The van der Waals surface area contributed by atoms with Crippen LogP contribution in [0.3, 0.4) is 0 Å². The van der Waals surface area contributed by atoms with E-state index in [-0.39, 0.29) is 12.3 Å². The fourth-order valence-electron chi connectivity index (χ4n) is 1.88. The van der Waals surface area contributed by atoms with Gasteiger partial charge in [-0.2, -0.15) is 0 Å². The minimum Gasteiger partial charge on any atom is -0.390 e. The van der Waals surface area contributed by atoms with Gasteiger partial charge in [0.05, 0.1) is 12.3 Å². The molecule has 0 aliphatic heterocycles. The first-order valence-electron chi connectivity index (χ1n) is 5.94. The Morgan fingerprint density at radius 1 is 1.33 bits per heavy atom. The molecule has 1 aromatic heterocycles. The first kappa shape index (κ1) is 15.6. The SMILES string of the molecule is O=Cc1cc(-c2ccc(NC(=O)S)cc2S)cc(CO)n1. The molecule has 5 nitrogen and oxygen atoms in total. The van der Waals surface area contributed by atoms with E-state index in [1.807, 2.05) is 0 Å². The summed E-state index contributed by atoms with van der Waals surface area (Å²) in [5.41, 5.74) is 2.67. The lowest BCUT2D eigenvalue weighted by Gasteiger charge is -2.10. The van der Waals surface area contributed by atoms with Crippen molar-refractivity contribution in [1.29, 1.82) is 0 Å². The van der Waals surface area contributed by atoms with Crippen LogP contribution in [0.1, 0.15) is 16.2 Å². The molecule has 0 radical (unpaired) electrons. The monoisotopic (exact) mass is 320 g/mol. The highest BCUT2D eigenvalue weighted by atomic mass is 32.1. The van der Waals surface area contributed by atoms with Crippen molar-refractivity contribution < 1.29 is 14.7 Å². The molecule has 2 N–H and O–H groups in total. The molecule has 7 heteroatoms. The number of carbonyl (C=O) groups excluding carboxylic acids is 2. The van der Waals surface area contributed by atoms with Gasteiger partial charge in [0, 0.05) is 10.6 Å². The summed E-state index contributed by atoms with van der Waals surface area (Å²) in [6, 6.07) is 8.42. The highest BCUT2D eigenvalue weighted by molar-refractivity contribution is 7.96. The summed E-state index contributed by atoms with van der Waals surface area (Å²) >= 11 is 8.02. The van der Waals surface area contributed by atoms with Crippen LogP contribution in [0.4, 0.5) is 10.5 Å². The highest BCUT2D eigenvalue weighted by Gasteiger charge is 2.08. The average molecular weight is 320 g/mol. The smallest absolute Gasteiger partial charge is 0.280 e. The molecule has 0 fully saturated rings. The van der Waals surface area contributed by atoms with Crippen LogP contribution in [-0.2, 0) is 6.61 Å². The fraction of sp³-hybridized carbons (Fsp3) is 0.0714. The standard InChI is InChI=1S/C14H12N2O3S2/c17-6-10-3-8(4-11(7-18)15-10)12-2-1-9(5-13(12)20)16-14(19)21/h1-6,18,20H,7H2,(H2,16,19,21). The van der Waals surface area contributed by atoms with Crippen molar-refractivity contribution >= 4 is 42.5 Å². The second-order valence-electron chi connectivity index (χ2n) is 4.21. The third kappa shape index (κ3) is 3.84. The summed E-state index contributed by atoms with van der Waals surface area (Å²) < 4.78 is 0. The number of pyridine rings is 1. The molecule has 2 rings (SSSR count). The molecule has 1 amide bonds. The molecular formula is C14H12N2O3S2. The van der Waals surface area contributed by atoms with Gasteiger partial charge in [0.2, 0.25) is 0 Å². The fourth-order valence-corrected chi connectivity index (χ4v) is 2.36. The number of aliphatic hydroxyl groups excluding tert-OH is 1. The van der Waals surface area contributed by atoms with Crippen molar-refractivity contribution in [2.24, 2.45) is 0 Å². The summed E-state index contributed by atoms with van der Waals surface area (Å²) in [4.78, 5) is 26.4. The normalized spacial score (nSPS) is 10.2. The number of benzene rings is 1. The number of aliphatic hydroxyl groups is 1. The Morgan fingerprint density at radius 3 is 2.67 bits per heavy atom. The van der Waals surface area contributed by atoms with Gasteiger partial charge >= 0.3 is 0 Å². The molecule has 108 valence electrons. The van der Waals surface area contributed by atoms with Crippen LogP contribution in [0.15, 0.2) is 35.2 Å². The maximum atomic E-state index is 10.9. The van der Waals surface area contributed by atoms with Crippen molar-refractivity contribution in [1.82, 2.24) is 4.98 Å². The molecule has 1 aromatic carbocycles. The molecule has 0 aliphatic rings. The number of hydrogen-bond donors (Lipinski definition) is 4. The van der Waals surface area contributed by atoms with E-state index in [1.54, 1.807) is 30.3 Å². The highest BCUT2D eigenvalue weighted by Crippen LogP contribution is 2.30. The van der Waals surface area contributed by atoms with Crippen LogP contribution in [0.5, 0.6) is 0 Å². The largest absolute Gasteiger partial charge is 0.390 e. The first-order valence-corrected chi connectivity index (χ1v) is 6.83.